The molecule has 1 aromatic heterocycles. The van der Waals surface area contributed by atoms with Gasteiger partial charge >= 0.3 is 5.97 Å². The molecule has 1 N–H and O–H groups in total. The molecule has 18 heavy (non-hydrogen) atoms. The third kappa shape index (κ3) is 2.08. The van der Waals surface area contributed by atoms with E-state index in [0.717, 1.165) is 22.0 Å². The molecule has 0 unspecified atom stereocenters. The van der Waals surface area contributed by atoms with Crippen LogP contribution in [0.5, 0.6) is 0 Å². The summed E-state index contributed by atoms with van der Waals surface area (Å²) in [6.07, 6.45) is 1.68. The third-order valence-corrected chi connectivity index (χ3v) is 3.05. The lowest BCUT2D eigenvalue weighted by Gasteiger charge is -2.22. The Bertz CT molecular complexity index is 624. The number of benzene rings is 1. The molecule has 0 radical (unpaired) electrons. The van der Waals surface area contributed by atoms with E-state index >= 15 is 0 Å². The number of hydrogen-bond acceptors (Lipinski definition) is 2. The number of nitrogens with zero attached hydrogens (tertiary/aromatic N) is 1. The molecule has 1 aromatic carbocycles. The zero-order valence-corrected chi connectivity index (χ0v) is 11.1. The van der Waals surface area contributed by atoms with Crippen molar-refractivity contribution in [1.29, 1.82) is 0 Å². The van der Waals surface area contributed by atoms with Gasteiger partial charge in [0, 0.05) is 11.6 Å². The van der Waals surface area contributed by atoms with Crippen LogP contribution in [0.2, 0.25) is 0 Å². The van der Waals surface area contributed by atoms with Crippen molar-refractivity contribution in [2.24, 2.45) is 0 Å². The Labute approximate surface area is 106 Å². The highest BCUT2D eigenvalue weighted by atomic mass is 16.4. The maximum Gasteiger partial charge on any atom is 0.336 e. The van der Waals surface area contributed by atoms with Crippen LogP contribution in [0.4, 0.5) is 0 Å². The fraction of sp³-hybridized carbons (Fsp3) is 0.333. The van der Waals surface area contributed by atoms with Crippen LogP contribution in [0.25, 0.3) is 10.9 Å². The van der Waals surface area contributed by atoms with Gasteiger partial charge in [0.25, 0.3) is 0 Å². The number of hydrogen-bond donors (Lipinski definition) is 1. The topological polar surface area (TPSA) is 50.2 Å². The number of aryl methyl sites for hydroxylation is 1. The fourth-order valence-corrected chi connectivity index (χ4v) is 2.11. The lowest BCUT2D eigenvalue weighted by molar-refractivity contribution is 0.0696. The molecule has 0 amide bonds. The van der Waals surface area contributed by atoms with Crippen molar-refractivity contribution in [2.45, 2.75) is 33.1 Å². The molecule has 0 saturated carbocycles. The van der Waals surface area contributed by atoms with Crippen LogP contribution in [-0.2, 0) is 5.41 Å². The van der Waals surface area contributed by atoms with Crippen molar-refractivity contribution in [3.63, 3.8) is 0 Å². The lowest BCUT2D eigenvalue weighted by atomic mass is 9.83. The fourth-order valence-electron chi connectivity index (χ4n) is 2.11. The van der Waals surface area contributed by atoms with Gasteiger partial charge in [-0.25, -0.2) is 4.79 Å². The van der Waals surface area contributed by atoms with E-state index in [1.807, 2.05) is 45.9 Å². The van der Waals surface area contributed by atoms with E-state index in [1.54, 1.807) is 6.20 Å². The predicted octanol–water partition coefficient (Wildman–Crippen LogP) is 3.54. The molecule has 94 valence electrons. The molecule has 0 aliphatic heterocycles. The summed E-state index contributed by atoms with van der Waals surface area (Å²) in [6.45, 7) is 7.95. The van der Waals surface area contributed by atoms with Gasteiger partial charge in [-0.3, -0.25) is 4.98 Å². The minimum absolute atomic E-state index is 0.237. The van der Waals surface area contributed by atoms with Gasteiger partial charge in [-0.2, -0.15) is 0 Å². The first-order valence-electron chi connectivity index (χ1n) is 5.94. The van der Waals surface area contributed by atoms with Crippen molar-refractivity contribution in [3.05, 3.63) is 41.1 Å². The highest BCUT2D eigenvalue weighted by Crippen LogP contribution is 2.30. The normalized spacial score (nSPS) is 11.8. The molecule has 0 spiro atoms. The zero-order chi connectivity index (χ0) is 13.5. The summed E-state index contributed by atoms with van der Waals surface area (Å²) in [6, 6.07) is 5.70. The van der Waals surface area contributed by atoms with Crippen LogP contribution in [0.3, 0.4) is 0 Å². The highest BCUT2D eigenvalue weighted by Gasteiger charge is 2.24. The van der Waals surface area contributed by atoms with E-state index in [9.17, 15) is 9.90 Å². The summed E-state index contributed by atoms with van der Waals surface area (Å²) in [7, 11) is 0. The molecule has 3 heteroatoms. The zero-order valence-electron chi connectivity index (χ0n) is 11.1. The van der Waals surface area contributed by atoms with Crippen molar-refractivity contribution < 1.29 is 9.90 Å². The van der Waals surface area contributed by atoms with Gasteiger partial charge in [0.05, 0.1) is 11.1 Å². The van der Waals surface area contributed by atoms with Crippen molar-refractivity contribution in [1.82, 2.24) is 4.98 Å². The van der Waals surface area contributed by atoms with Crippen LogP contribution >= 0.6 is 0 Å². The van der Waals surface area contributed by atoms with E-state index in [1.165, 1.54) is 0 Å². The van der Waals surface area contributed by atoms with E-state index in [2.05, 4.69) is 4.98 Å². The number of aromatic nitrogens is 1. The van der Waals surface area contributed by atoms with Gasteiger partial charge < -0.3 is 5.11 Å². The maximum atomic E-state index is 11.6. The van der Waals surface area contributed by atoms with E-state index in [0.29, 0.717) is 5.56 Å². The molecule has 0 aliphatic rings. The summed E-state index contributed by atoms with van der Waals surface area (Å²) >= 11 is 0. The number of fused-ring (bicyclic) bond motifs is 1. The van der Waals surface area contributed by atoms with Crippen LogP contribution in [-0.4, -0.2) is 16.1 Å². The molecule has 0 saturated heterocycles. The Morgan fingerprint density at radius 3 is 2.50 bits per heavy atom. The van der Waals surface area contributed by atoms with Gasteiger partial charge in [0.15, 0.2) is 0 Å². The van der Waals surface area contributed by atoms with Gasteiger partial charge in [0.2, 0.25) is 0 Å². The Morgan fingerprint density at radius 2 is 1.94 bits per heavy atom. The number of pyridine rings is 1. The van der Waals surface area contributed by atoms with Gasteiger partial charge in [0.1, 0.15) is 0 Å². The standard InChI is InChI=1S/C15H17NO2/c1-9-5-6-12-10(7-9)13(14(17)18)11(8-16-12)15(2,3)4/h5-8H,1-4H3,(H,17,18). The largest absolute Gasteiger partial charge is 0.478 e. The van der Waals surface area contributed by atoms with E-state index in [4.69, 9.17) is 0 Å². The molecule has 0 fully saturated rings. The third-order valence-electron chi connectivity index (χ3n) is 3.05. The molecule has 0 atom stereocenters. The van der Waals surface area contributed by atoms with Crippen molar-refractivity contribution >= 4 is 16.9 Å². The smallest absolute Gasteiger partial charge is 0.336 e. The minimum Gasteiger partial charge on any atom is -0.478 e. The number of carbonyl (C=O) groups is 1. The second-order valence-corrected chi connectivity index (χ2v) is 5.62. The van der Waals surface area contributed by atoms with Gasteiger partial charge in [-0.05, 0) is 30.0 Å². The minimum atomic E-state index is -0.891. The van der Waals surface area contributed by atoms with Crippen LogP contribution in [0.1, 0.15) is 42.3 Å². The second kappa shape index (κ2) is 4.09. The van der Waals surface area contributed by atoms with E-state index < -0.39 is 5.97 Å². The summed E-state index contributed by atoms with van der Waals surface area (Å²) < 4.78 is 0. The average molecular weight is 243 g/mol. The molecule has 0 aliphatic carbocycles. The molecule has 2 aromatic rings. The number of carboxylic acids is 1. The first-order chi connectivity index (χ1) is 8.30. The molecule has 3 nitrogen and oxygen atoms in total. The summed E-state index contributed by atoms with van der Waals surface area (Å²) in [5, 5.41) is 10.2. The summed E-state index contributed by atoms with van der Waals surface area (Å²) in [4.78, 5) is 15.9. The first kappa shape index (κ1) is 12.6. The Balaban J connectivity index is 2.90. The quantitative estimate of drug-likeness (QED) is 0.833. The highest BCUT2D eigenvalue weighted by molar-refractivity contribution is 6.04. The Hall–Kier alpha value is -1.90. The Morgan fingerprint density at radius 1 is 1.28 bits per heavy atom. The van der Waals surface area contributed by atoms with Crippen LogP contribution < -0.4 is 0 Å². The lowest BCUT2D eigenvalue weighted by Crippen LogP contribution is -2.18. The van der Waals surface area contributed by atoms with Crippen LogP contribution in [0.15, 0.2) is 24.4 Å². The number of aromatic carboxylic acids is 1. The summed E-state index contributed by atoms with van der Waals surface area (Å²) in [5.41, 5.74) is 2.67. The van der Waals surface area contributed by atoms with Gasteiger partial charge in [-0.1, -0.05) is 32.4 Å². The Kier molecular flexibility index (Phi) is 2.85. The predicted molar refractivity (Wildman–Crippen MR) is 72.1 cm³/mol. The van der Waals surface area contributed by atoms with Gasteiger partial charge in [-0.15, -0.1) is 0 Å². The number of rotatable bonds is 1. The number of carboxylic acid groups (broad SMARTS) is 1. The summed E-state index contributed by atoms with van der Waals surface area (Å²) in [5.74, 6) is -0.891. The molecular weight excluding hydrogens is 226 g/mol. The average Bonchev–Trinajstić information content (AvgIpc) is 2.25. The van der Waals surface area contributed by atoms with Crippen LogP contribution in [0, 0.1) is 6.92 Å². The maximum absolute atomic E-state index is 11.6. The second-order valence-electron chi connectivity index (χ2n) is 5.62. The SMILES string of the molecule is Cc1ccc2ncc(C(C)(C)C)c(C(=O)O)c2c1. The van der Waals surface area contributed by atoms with Crippen molar-refractivity contribution in [2.75, 3.05) is 0 Å². The monoisotopic (exact) mass is 243 g/mol. The molecular formula is C15H17NO2. The molecule has 1 heterocycles. The molecule has 2 rings (SSSR count). The van der Waals surface area contributed by atoms with E-state index in [-0.39, 0.29) is 5.41 Å². The first-order valence-corrected chi connectivity index (χ1v) is 5.94. The van der Waals surface area contributed by atoms with Crippen molar-refractivity contribution in [3.8, 4) is 0 Å². The molecule has 0 bridgehead atoms.